The Hall–Kier alpha value is -2.09. The van der Waals surface area contributed by atoms with Crippen molar-refractivity contribution in [1.29, 1.82) is 0 Å². The number of para-hydroxylation sites is 2. The van der Waals surface area contributed by atoms with Gasteiger partial charge in [0.2, 0.25) is 0 Å². The number of ether oxygens (including phenoxy) is 1. The van der Waals surface area contributed by atoms with Gasteiger partial charge in [-0.2, -0.15) is 0 Å². The van der Waals surface area contributed by atoms with Crippen molar-refractivity contribution in [1.82, 2.24) is 14.8 Å². The van der Waals surface area contributed by atoms with Crippen LogP contribution in [0.5, 0.6) is 5.75 Å². The van der Waals surface area contributed by atoms with E-state index in [9.17, 15) is 10.1 Å². The van der Waals surface area contributed by atoms with Crippen molar-refractivity contribution in [2.24, 2.45) is 0 Å². The Kier molecular flexibility index (Phi) is 5.12. The molecule has 0 aliphatic carbocycles. The molecular formula is C15H18N4O3S. The Labute approximate surface area is 138 Å². The fourth-order valence-corrected chi connectivity index (χ4v) is 3.38. The minimum atomic E-state index is -0.430. The van der Waals surface area contributed by atoms with Crippen LogP contribution in [0.4, 0.5) is 5.69 Å². The van der Waals surface area contributed by atoms with E-state index in [-0.39, 0.29) is 5.69 Å². The normalized spacial score (nSPS) is 14.1. The quantitative estimate of drug-likeness (QED) is 0.349. The molecule has 23 heavy (non-hydrogen) atoms. The average Bonchev–Trinajstić information content (AvgIpc) is 2.79. The molecule has 1 aliphatic heterocycles. The van der Waals surface area contributed by atoms with Crippen LogP contribution in [0.2, 0.25) is 0 Å². The third kappa shape index (κ3) is 3.82. The molecule has 7 nitrogen and oxygen atoms in total. The predicted octanol–water partition coefficient (Wildman–Crippen LogP) is 3.08. The largest absolute Gasteiger partial charge is 0.486 e. The second kappa shape index (κ2) is 7.45. The Balaban J connectivity index is 1.55. The van der Waals surface area contributed by atoms with Crippen LogP contribution in [0, 0.1) is 10.1 Å². The number of nitrogens with zero attached hydrogens (tertiary/aromatic N) is 4. The van der Waals surface area contributed by atoms with E-state index in [1.54, 1.807) is 30.0 Å². The number of fused-ring (bicyclic) bond motifs is 1. The lowest BCUT2D eigenvalue weighted by Gasteiger charge is -2.08. The zero-order chi connectivity index (χ0) is 16.1. The Morgan fingerprint density at radius 3 is 3.00 bits per heavy atom. The Bertz CT molecular complexity index is 689. The number of hydrogen-bond acceptors (Lipinski definition) is 6. The summed E-state index contributed by atoms with van der Waals surface area (Å²) in [5.41, 5.74) is -0.00570. The third-order valence-electron chi connectivity index (χ3n) is 3.71. The van der Waals surface area contributed by atoms with Crippen molar-refractivity contribution in [3.05, 3.63) is 40.2 Å². The number of rotatable bonds is 6. The molecular weight excluding hydrogens is 316 g/mol. The van der Waals surface area contributed by atoms with Crippen molar-refractivity contribution in [2.75, 3.05) is 12.4 Å². The lowest BCUT2D eigenvalue weighted by Crippen LogP contribution is -2.05. The first-order chi connectivity index (χ1) is 11.3. The van der Waals surface area contributed by atoms with Crippen LogP contribution in [0.15, 0.2) is 29.4 Å². The van der Waals surface area contributed by atoms with Gasteiger partial charge in [0.1, 0.15) is 5.82 Å². The number of nitro benzene ring substituents is 1. The molecule has 1 aromatic carbocycles. The number of aromatic nitrogens is 3. The number of aryl methyl sites for hydroxylation is 1. The maximum atomic E-state index is 10.9. The molecule has 0 unspecified atom stereocenters. The van der Waals surface area contributed by atoms with Crippen LogP contribution in [-0.4, -0.2) is 32.0 Å². The number of thioether (sulfide) groups is 1. The summed E-state index contributed by atoms with van der Waals surface area (Å²) in [5.74, 6) is 2.03. The number of benzene rings is 1. The SMILES string of the molecule is O=[N+]([O-])c1ccccc1OCCSc1nnc2n1CCCCC2. The molecule has 0 atom stereocenters. The smallest absolute Gasteiger partial charge is 0.310 e. The first kappa shape index (κ1) is 15.8. The molecule has 8 heteroatoms. The summed E-state index contributed by atoms with van der Waals surface area (Å²) in [7, 11) is 0. The van der Waals surface area contributed by atoms with Gasteiger partial charge in [0.25, 0.3) is 0 Å². The number of hydrogen-bond donors (Lipinski definition) is 0. The highest BCUT2D eigenvalue weighted by molar-refractivity contribution is 7.99. The summed E-state index contributed by atoms with van der Waals surface area (Å²) in [5, 5.41) is 20.3. The molecule has 2 aromatic rings. The lowest BCUT2D eigenvalue weighted by molar-refractivity contribution is -0.385. The monoisotopic (exact) mass is 334 g/mol. The molecule has 0 N–H and O–H groups in total. The molecule has 1 aromatic heterocycles. The molecule has 0 saturated carbocycles. The van der Waals surface area contributed by atoms with Crippen molar-refractivity contribution in [2.45, 2.75) is 37.4 Å². The summed E-state index contributed by atoms with van der Waals surface area (Å²) in [6.07, 6.45) is 4.55. The van der Waals surface area contributed by atoms with Gasteiger partial charge in [-0.05, 0) is 18.9 Å². The van der Waals surface area contributed by atoms with Gasteiger partial charge in [0.05, 0.1) is 11.5 Å². The fraction of sp³-hybridized carbons (Fsp3) is 0.467. The predicted molar refractivity (Wildman–Crippen MR) is 86.9 cm³/mol. The summed E-state index contributed by atoms with van der Waals surface area (Å²) in [6.45, 7) is 1.35. The van der Waals surface area contributed by atoms with Gasteiger partial charge in [-0.25, -0.2) is 0 Å². The van der Waals surface area contributed by atoms with Gasteiger partial charge in [-0.15, -0.1) is 10.2 Å². The second-order valence-electron chi connectivity index (χ2n) is 5.28. The lowest BCUT2D eigenvalue weighted by atomic mass is 10.2. The summed E-state index contributed by atoms with van der Waals surface area (Å²) >= 11 is 1.58. The van der Waals surface area contributed by atoms with Gasteiger partial charge in [0.15, 0.2) is 10.9 Å². The Morgan fingerprint density at radius 2 is 2.13 bits per heavy atom. The van der Waals surface area contributed by atoms with Crippen molar-refractivity contribution < 1.29 is 9.66 Å². The van der Waals surface area contributed by atoms with Crippen LogP contribution in [0.3, 0.4) is 0 Å². The Morgan fingerprint density at radius 1 is 1.26 bits per heavy atom. The second-order valence-corrected chi connectivity index (χ2v) is 6.34. The van der Waals surface area contributed by atoms with Crippen molar-refractivity contribution in [3.8, 4) is 5.75 Å². The van der Waals surface area contributed by atoms with Crippen LogP contribution in [-0.2, 0) is 13.0 Å². The number of nitro groups is 1. The molecule has 0 fully saturated rings. The fourth-order valence-electron chi connectivity index (χ4n) is 2.58. The van der Waals surface area contributed by atoms with Gasteiger partial charge in [-0.1, -0.05) is 30.3 Å². The molecule has 2 heterocycles. The maximum Gasteiger partial charge on any atom is 0.310 e. The molecule has 0 bridgehead atoms. The van der Waals surface area contributed by atoms with E-state index in [0.29, 0.717) is 18.1 Å². The average molecular weight is 334 g/mol. The molecule has 0 amide bonds. The molecule has 0 spiro atoms. The van der Waals surface area contributed by atoms with Crippen LogP contribution < -0.4 is 4.74 Å². The first-order valence-corrected chi connectivity index (χ1v) is 8.65. The minimum Gasteiger partial charge on any atom is -0.486 e. The molecule has 122 valence electrons. The van der Waals surface area contributed by atoms with E-state index >= 15 is 0 Å². The zero-order valence-corrected chi connectivity index (χ0v) is 13.5. The van der Waals surface area contributed by atoms with E-state index in [1.165, 1.54) is 18.9 Å². The van der Waals surface area contributed by atoms with Gasteiger partial charge < -0.3 is 9.30 Å². The highest BCUT2D eigenvalue weighted by Crippen LogP contribution is 2.26. The van der Waals surface area contributed by atoms with Crippen molar-refractivity contribution in [3.63, 3.8) is 0 Å². The minimum absolute atomic E-state index is 0.00570. The van der Waals surface area contributed by atoms with Crippen LogP contribution in [0.25, 0.3) is 0 Å². The van der Waals surface area contributed by atoms with E-state index in [0.717, 1.165) is 30.4 Å². The third-order valence-corrected chi connectivity index (χ3v) is 4.64. The summed E-state index contributed by atoms with van der Waals surface area (Å²) in [6, 6.07) is 6.42. The molecule has 0 radical (unpaired) electrons. The van der Waals surface area contributed by atoms with E-state index in [2.05, 4.69) is 14.8 Å². The first-order valence-electron chi connectivity index (χ1n) is 7.67. The molecule has 0 saturated heterocycles. The standard InChI is InChI=1S/C15H18N4O3S/c20-19(21)12-6-3-4-7-13(12)22-10-11-23-15-17-16-14-8-2-1-5-9-18(14)15/h3-4,6-7H,1-2,5,8-11H2. The van der Waals surface area contributed by atoms with Crippen LogP contribution >= 0.6 is 11.8 Å². The van der Waals surface area contributed by atoms with Gasteiger partial charge in [0, 0.05) is 24.8 Å². The highest BCUT2D eigenvalue weighted by Gasteiger charge is 2.16. The summed E-state index contributed by atoms with van der Waals surface area (Å²) < 4.78 is 7.73. The van der Waals surface area contributed by atoms with Gasteiger partial charge in [-0.3, -0.25) is 10.1 Å². The molecule has 3 rings (SSSR count). The van der Waals surface area contributed by atoms with Crippen LogP contribution in [0.1, 0.15) is 25.1 Å². The zero-order valence-electron chi connectivity index (χ0n) is 12.7. The maximum absolute atomic E-state index is 10.9. The topological polar surface area (TPSA) is 83.1 Å². The highest BCUT2D eigenvalue weighted by atomic mass is 32.2. The molecule has 1 aliphatic rings. The van der Waals surface area contributed by atoms with Gasteiger partial charge >= 0.3 is 5.69 Å². The van der Waals surface area contributed by atoms with E-state index < -0.39 is 4.92 Å². The van der Waals surface area contributed by atoms with E-state index in [1.807, 2.05) is 0 Å². The van der Waals surface area contributed by atoms with E-state index in [4.69, 9.17) is 4.74 Å². The van der Waals surface area contributed by atoms with Crippen molar-refractivity contribution >= 4 is 17.4 Å². The summed E-state index contributed by atoms with van der Waals surface area (Å²) in [4.78, 5) is 10.5.